The van der Waals surface area contributed by atoms with Crippen molar-refractivity contribution in [2.75, 3.05) is 6.61 Å². The molecule has 19 heavy (non-hydrogen) atoms. The highest BCUT2D eigenvalue weighted by atomic mass is 16.5. The summed E-state index contributed by atoms with van der Waals surface area (Å²) in [5, 5.41) is 0. The Morgan fingerprint density at radius 1 is 0.947 bits per heavy atom. The van der Waals surface area contributed by atoms with E-state index in [0.29, 0.717) is 0 Å². The highest BCUT2D eigenvalue weighted by Gasteiger charge is 2.12. The predicted molar refractivity (Wildman–Crippen MR) is 83.9 cm³/mol. The van der Waals surface area contributed by atoms with E-state index in [2.05, 4.69) is 45.0 Å². The molecule has 1 heteroatoms. The second kappa shape index (κ2) is 9.01. The van der Waals surface area contributed by atoms with Gasteiger partial charge in [0.15, 0.2) is 0 Å². The van der Waals surface area contributed by atoms with E-state index in [0.717, 1.165) is 24.2 Å². The van der Waals surface area contributed by atoms with E-state index in [1.165, 1.54) is 37.7 Å². The van der Waals surface area contributed by atoms with Gasteiger partial charge in [-0.2, -0.15) is 0 Å². The third-order valence-electron chi connectivity index (χ3n) is 4.00. The van der Waals surface area contributed by atoms with Crippen LogP contribution < -0.4 is 4.74 Å². The molecule has 0 radical (unpaired) electrons. The summed E-state index contributed by atoms with van der Waals surface area (Å²) < 4.78 is 5.52. The summed E-state index contributed by atoms with van der Waals surface area (Å²) in [6.07, 6.45) is 6.51. The molecule has 2 atom stereocenters. The third kappa shape index (κ3) is 5.67. The average molecular weight is 262 g/mol. The van der Waals surface area contributed by atoms with E-state index in [1.807, 2.05) is 6.92 Å². The molecule has 0 spiro atoms. The average Bonchev–Trinajstić information content (AvgIpc) is 2.44. The molecule has 0 saturated heterocycles. The Labute approximate surface area is 119 Å². The molecule has 2 unspecified atom stereocenters. The zero-order valence-electron chi connectivity index (χ0n) is 13.1. The molecule has 1 rings (SSSR count). The minimum Gasteiger partial charge on any atom is -0.494 e. The summed E-state index contributed by atoms with van der Waals surface area (Å²) in [6, 6.07) is 8.74. The molecule has 0 bridgehead atoms. The van der Waals surface area contributed by atoms with Crippen molar-refractivity contribution >= 4 is 0 Å². The largest absolute Gasteiger partial charge is 0.494 e. The van der Waals surface area contributed by atoms with E-state index < -0.39 is 0 Å². The molecule has 0 saturated carbocycles. The molecule has 108 valence electrons. The Bertz CT molecular complexity index is 328. The summed E-state index contributed by atoms with van der Waals surface area (Å²) in [6.45, 7) is 9.70. The fraction of sp³-hybridized carbons (Fsp3) is 0.667. The lowest BCUT2D eigenvalue weighted by atomic mass is 9.87. The standard InChI is InChI=1S/C18H30O/c1-5-8-16(10-9-15(4)6-2)17-11-13-18(14-12-17)19-7-3/h11-16H,5-10H2,1-4H3. The van der Waals surface area contributed by atoms with E-state index in [-0.39, 0.29) is 0 Å². The maximum atomic E-state index is 5.52. The Balaban J connectivity index is 2.63. The Kier molecular flexibility index (Phi) is 7.62. The van der Waals surface area contributed by atoms with Gasteiger partial charge in [-0.05, 0) is 49.3 Å². The second-order valence-corrected chi connectivity index (χ2v) is 5.58. The number of rotatable bonds is 9. The van der Waals surface area contributed by atoms with Gasteiger partial charge in [0.1, 0.15) is 5.75 Å². The van der Waals surface area contributed by atoms with Crippen molar-refractivity contribution in [1.29, 1.82) is 0 Å². The van der Waals surface area contributed by atoms with Crippen molar-refractivity contribution in [3.05, 3.63) is 29.8 Å². The monoisotopic (exact) mass is 262 g/mol. The van der Waals surface area contributed by atoms with Gasteiger partial charge >= 0.3 is 0 Å². The van der Waals surface area contributed by atoms with Gasteiger partial charge in [-0.15, -0.1) is 0 Å². The summed E-state index contributed by atoms with van der Waals surface area (Å²) >= 11 is 0. The summed E-state index contributed by atoms with van der Waals surface area (Å²) in [7, 11) is 0. The molecule has 1 nitrogen and oxygen atoms in total. The van der Waals surface area contributed by atoms with E-state index in [4.69, 9.17) is 4.74 Å². The molecule has 0 fully saturated rings. The van der Waals surface area contributed by atoms with E-state index >= 15 is 0 Å². The fourth-order valence-corrected chi connectivity index (χ4v) is 2.52. The van der Waals surface area contributed by atoms with Crippen molar-refractivity contribution in [3.8, 4) is 5.75 Å². The van der Waals surface area contributed by atoms with Crippen LogP contribution in [0.25, 0.3) is 0 Å². The van der Waals surface area contributed by atoms with E-state index in [1.54, 1.807) is 0 Å². The van der Waals surface area contributed by atoms with Crippen LogP contribution in [0.1, 0.15) is 71.3 Å². The number of hydrogen-bond acceptors (Lipinski definition) is 1. The minimum absolute atomic E-state index is 0.717. The molecular formula is C18H30O. The van der Waals surface area contributed by atoms with Crippen LogP contribution in [0.4, 0.5) is 0 Å². The van der Waals surface area contributed by atoms with Gasteiger partial charge < -0.3 is 4.74 Å². The molecule has 0 heterocycles. The zero-order chi connectivity index (χ0) is 14.1. The smallest absolute Gasteiger partial charge is 0.119 e. The maximum Gasteiger partial charge on any atom is 0.119 e. The van der Waals surface area contributed by atoms with Crippen LogP contribution in [0.3, 0.4) is 0 Å². The molecule has 0 aliphatic rings. The Morgan fingerprint density at radius 3 is 2.16 bits per heavy atom. The Morgan fingerprint density at radius 2 is 1.63 bits per heavy atom. The molecule has 1 aromatic carbocycles. The number of hydrogen-bond donors (Lipinski definition) is 0. The zero-order valence-corrected chi connectivity index (χ0v) is 13.1. The molecule has 0 N–H and O–H groups in total. The van der Waals surface area contributed by atoms with Crippen LogP contribution in [0.15, 0.2) is 24.3 Å². The van der Waals surface area contributed by atoms with Crippen LogP contribution >= 0.6 is 0 Å². The van der Waals surface area contributed by atoms with Gasteiger partial charge in [0.2, 0.25) is 0 Å². The first-order valence-corrected chi connectivity index (χ1v) is 7.93. The van der Waals surface area contributed by atoms with Gasteiger partial charge in [0.05, 0.1) is 6.61 Å². The van der Waals surface area contributed by atoms with Crippen LogP contribution in [0.5, 0.6) is 5.75 Å². The lowest BCUT2D eigenvalue weighted by Crippen LogP contribution is -2.02. The topological polar surface area (TPSA) is 9.23 Å². The second-order valence-electron chi connectivity index (χ2n) is 5.58. The molecular weight excluding hydrogens is 232 g/mol. The number of benzene rings is 1. The van der Waals surface area contributed by atoms with Crippen LogP contribution in [0.2, 0.25) is 0 Å². The summed E-state index contributed by atoms with van der Waals surface area (Å²) in [5.41, 5.74) is 1.48. The van der Waals surface area contributed by atoms with Crippen molar-refractivity contribution in [3.63, 3.8) is 0 Å². The van der Waals surface area contributed by atoms with Gasteiger partial charge in [-0.25, -0.2) is 0 Å². The van der Waals surface area contributed by atoms with Crippen molar-refractivity contribution in [2.45, 2.75) is 65.7 Å². The minimum atomic E-state index is 0.717. The first kappa shape index (κ1) is 16.1. The van der Waals surface area contributed by atoms with Crippen molar-refractivity contribution < 1.29 is 4.74 Å². The molecule has 1 aromatic rings. The van der Waals surface area contributed by atoms with Gasteiger partial charge in [0, 0.05) is 0 Å². The molecule has 0 aromatic heterocycles. The maximum absolute atomic E-state index is 5.52. The van der Waals surface area contributed by atoms with Gasteiger partial charge in [0.25, 0.3) is 0 Å². The van der Waals surface area contributed by atoms with Gasteiger partial charge in [-0.1, -0.05) is 52.2 Å². The van der Waals surface area contributed by atoms with Crippen LogP contribution in [-0.4, -0.2) is 6.61 Å². The van der Waals surface area contributed by atoms with Crippen molar-refractivity contribution in [2.24, 2.45) is 5.92 Å². The fourth-order valence-electron chi connectivity index (χ4n) is 2.52. The van der Waals surface area contributed by atoms with E-state index in [9.17, 15) is 0 Å². The number of ether oxygens (including phenoxy) is 1. The SMILES string of the molecule is CCCC(CCC(C)CC)c1ccc(OCC)cc1. The molecule has 0 amide bonds. The lowest BCUT2D eigenvalue weighted by molar-refractivity contribution is 0.340. The summed E-state index contributed by atoms with van der Waals surface area (Å²) in [4.78, 5) is 0. The lowest BCUT2D eigenvalue weighted by Gasteiger charge is -2.19. The normalized spacial score (nSPS) is 14.1. The van der Waals surface area contributed by atoms with Crippen LogP contribution in [-0.2, 0) is 0 Å². The first-order chi connectivity index (χ1) is 9.21. The highest BCUT2D eigenvalue weighted by Crippen LogP contribution is 2.29. The quantitative estimate of drug-likeness (QED) is 0.547. The van der Waals surface area contributed by atoms with Crippen LogP contribution in [0, 0.1) is 5.92 Å². The predicted octanol–water partition coefficient (Wildman–Crippen LogP) is 5.80. The van der Waals surface area contributed by atoms with Crippen molar-refractivity contribution in [1.82, 2.24) is 0 Å². The molecule has 0 aliphatic carbocycles. The first-order valence-electron chi connectivity index (χ1n) is 7.93. The summed E-state index contributed by atoms with van der Waals surface area (Å²) in [5.74, 6) is 2.56. The molecule has 0 aliphatic heterocycles. The van der Waals surface area contributed by atoms with Gasteiger partial charge in [-0.3, -0.25) is 0 Å². The Hall–Kier alpha value is -0.980. The highest BCUT2D eigenvalue weighted by molar-refractivity contribution is 5.29. The third-order valence-corrected chi connectivity index (χ3v) is 4.00.